The van der Waals surface area contributed by atoms with Gasteiger partial charge in [0.05, 0.1) is 0 Å². The third-order valence-electron chi connectivity index (χ3n) is 2.19. The molecule has 7 heteroatoms. The second kappa shape index (κ2) is 5.74. The van der Waals surface area contributed by atoms with Gasteiger partial charge in [0.2, 0.25) is 5.91 Å². The summed E-state index contributed by atoms with van der Waals surface area (Å²) < 4.78 is 45.1. The Morgan fingerprint density at radius 1 is 1.33 bits per heavy atom. The highest BCUT2D eigenvalue weighted by atomic mass is 32.3. The van der Waals surface area contributed by atoms with Gasteiger partial charge in [0, 0.05) is 27.7 Å². The maximum atomic E-state index is 13.0. The van der Waals surface area contributed by atoms with E-state index in [2.05, 4.69) is 0 Å². The molecule has 0 aliphatic carbocycles. The molecule has 0 unspecified atom stereocenters. The monoisotopic (exact) mass is 243 g/mol. The third-order valence-corrected chi connectivity index (χ3v) is 3.23. The van der Waals surface area contributed by atoms with E-state index in [1.807, 2.05) is 6.92 Å². The molecule has 0 amide bonds. The number of rotatable bonds is 7. The first-order chi connectivity index (χ1) is 6.81. The van der Waals surface area contributed by atoms with Gasteiger partial charge in [-0.2, -0.15) is 8.42 Å². The van der Waals surface area contributed by atoms with Crippen molar-refractivity contribution in [2.24, 2.45) is 0 Å². The van der Waals surface area contributed by atoms with E-state index in [-0.39, 0.29) is 6.54 Å². The molecule has 0 saturated heterocycles. The summed E-state index contributed by atoms with van der Waals surface area (Å²) in [5, 5.41) is 0. The Balaban J connectivity index is 4.92. The fraction of sp³-hybridized carbons (Fsp3) is 1.00. The number of methoxy groups -OCH3 is 2. The van der Waals surface area contributed by atoms with Crippen molar-refractivity contribution in [2.75, 3.05) is 20.8 Å². The predicted molar refractivity (Wildman–Crippen MR) is 54.1 cm³/mol. The van der Waals surface area contributed by atoms with Gasteiger partial charge in [0.25, 0.3) is 0 Å². The molecule has 0 rings (SSSR count). The number of hydrogen-bond acceptors (Lipinski definition) is 4. The van der Waals surface area contributed by atoms with Crippen LogP contribution in [0.25, 0.3) is 0 Å². The number of nitrogens with zero attached hydrogens (tertiary/aromatic N) is 1. The van der Waals surface area contributed by atoms with Gasteiger partial charge in [-0.3, -0.25) is 0 Å². The van der Waals surface area contributed by atoms with E-state index in [1.54, 1.807) is 0 Å². The summed E-state index contributed by atoms with van der Waals surface area (Å²) in [5.74, 6) is -1.59. The molecule has 0 radical (unpaired) electrons. The van der Waals surface area contributed by atoms with Crippen molar-refractivity contribution in [1.82, 2.24) is 4.31 Å². The molecule has 0 aromatic carbocycles. The van der Waals surface area contributed by atoms with Gasteiger partial charge in [0.1, 0.15) is 0 Å². The smallest absolute Gasteiger partial charge is 0.340 e. The molecular formula is C8H18FNO4S. The number of unbranched alkanes of at least 4 members (excludes halogenated alkanes) is 1. The Morgan fingerprint density at radius 3 is 2.07 bits per heavy atom. The minimum Gasteiger partial charge on any atom is -0.340 e. The van der Waals surface area contributed by atoms with Crippen molar-refractivity contribution in [2.45, 2.75) is 32.6 Å². The lowest BCUT2D eigenvalue weighted by atomic mass is 10.3. The summed E-state index contributed by atoms with van der Waals surface area (Å²) >= 11 is 0. The Hall–Kier alpha value is -0.240. The molecule has 0 N–H and O–H groups in total. The maximum absolute atomic E-state index is 13.0. The molecule has 0 aliphatic rings. The van der Waals surface area contributed by atoms with Crippen LogP contribution < -0.4 is 0 Å². The van der Waals surface area contributed by atoms with Crippen LogP contribution in [0.4, 0.5) is 3.89 Å². The zero-order chi connectivity index (χ0) is 12.1. The zero-order valence-electron chi connectivity index (χ0n) is 9.49. The Morgan fingerprint density at radius 2 is 1.80 bits per heavy atom. The quantitative estimate of drug-likeness (QED) is 0.499. The topological polar surface area (TPSA) is 55.8 Å². The first kappa shape index (κ1) is 14.8. The molecule has 0 fully saturated rings. The van der Waals surface area contributed by atoms with Crippen LogP contribution in [0.15, 0.2) is 0 Å². The molecule has 15 heavy (non-hydrogen) atoms. The van der Waals surface area contributed by atoms with Crippen LogP contribution in [0, 0.1) is 0 Å². The molecule has 0 spiro atoms. The summed E-state index contributed by atoms with van der Waals surface area (Å²) in [6.45, 7) is 3.24. The van der Waals surface area contributed by atoms with Crippen LogP contribution in [-0.2, 0) is 19.9 Å². The van der Waals surface area contributed by atoms with Crippen molar-refractivity contribution >= 4 is 10.4 Å². The van der Waals surface area contributed by atoms with Gasteiger partial charge in [-0.1, -0.05) is 17.2 Å². The average Bonchev–Trinajstić information content (AvgIpc) is 2.16. The Labute approximate surface area is 90.5 Å². The van der Waals surface area contributed by atoms with E-state index in [9.17, 15) is 12.3 Å². The van der Waals surface area contributed by atoms with Gasteiger partial charge in [0.15, 0.2) is 0 Å². The van der Waals surface area contributed by atoms with Crippen molar-refractivity contribution < 1.29 is 21.8 Å². The molecule has 0 aromatic rings. The van der Waals surface area contributed by atoms with Crippen LogP contribution in [-0.4, -0.2) is 39.4 Å². The lowest BCUT2D eigenvalue weighted by molar-refractivity contribution is -0.257. The fourth-order valence-electron chi connectivity index (χ4n) is 1.10. The molecule has 0 saturated carbocycles. The maximum Gasteiger partial charge on any atom is 0.379 e. The zero-order valence-corrected chi connectivity index (χ0v) is 10.3. The lowest BCUT2D eigenvalue weighted by Crippen LogP contribution is -2.51. The molecular weight excluding hydrogens is 225 g/mol. The second-order valence-electron chi connectivity index (χ2n) is 3.17. The minimum atomic E-state index is -4.84. The van der Waals surface area contributed by atoms with Gasteiger partial charge in [-0.05, 0) is 6.42 Å². The van der Waals surface area contributed by atoms with Crippen LogP contribution in [0.5, 0.6) is 0 Å². The summed E-state index contributed by atoms with van der Waals surface area (Å²) in [4.78, 5) is 0. The largest absolute Gasteiger partial charge is 0.379 e. The van der Waals surface area contributed by atoms with E-state index in [4.69, 9.17) is 9.47 Å². The standard InChI is InChI=1S/C8H18FNO4S/c1-5-6-7-10(15(9,11)12)8(2,13-3)14-4/h5-7H2,1-4H3. The van der Waals surface area contributed by atoms with Crippen LogP contribution >= 0.6 is 0 Å². The van der Waals surface area contributed by atoms with Crippen LogP contribution in [0.2, 0.25) is 0 Å². The molecule has 0 aliphatic heterocycles. The van der Waals surface area contributed by atoms with E-state index in [0.717, 1.165) is 6.42 Å². The number of halogens is 1. The molecule has 0 atom stereocenters. The molecule has 0 aromatic heterocycles. The first-order valence-corrected chi connectivity index (χ1v) is 5.98. The summed E-state index contributed by atoms with van der Waals surface area (Å²) in [5.41, 5.74) is 0. The third kappa shape index (κ3) is 4.02. The summed E-state index contributed by atoms with van der Waals surface area (Å²) in [6.07, 6.45) is 1.28. The van der Waals surface area contributed by atoms with Gasteiger partial charge in [-0.15, -0.1) is 4.31 Å². The summed E-state index contributed by atoms with van der Waals surface area (Å²) in [6, 6.07) is 0. The Kier molecular flexibility index (Phi) is 5.65. The van der Waals surface area contributed by atoms with E-state index in [1.165, 1.54) is 21.1 Å². The average molecular weight is 243 g/mol. The van der Waals surface area contributed by atoms with E-state index in [0.29, 0.717) is 10.7 Å². The highest BCUT2D eigenvalue weighted by Crippen LogP contribution is 2.22. The van der Waals surface area contributed by atoms with Gasteiger partial charge in [-0.25, -0.2) is 0 Å². The molecule has 0 heterocycles. The van der Waals surface area contributed by atoms with Crippen molar-refractivity contribution in [3.8, 4) is 0 Å². The fourth-order valence-corrected chi connectivity index (χ4v) is 1.99. The van der Waals surface area contributed by atoms with E-state index < -0.39 is 16.3 Å². The minimum absolute atomic E-state index is 0.0213. The SMILES string of the molecule is CCCCN(C(C)(OC)OC)S(=O)(=O)F. The molecule has 5 nitrogen and oxygen atoms in total. The number of ether oxygens (including phenoxy) is 2. The van der Waals surface area contributed by atoms with Gasteiger partial charge >= 0.3 is 10.4 Å². The van der Waals surface area contributed by atoms with Crippen molar-refractivity contribution in [3.63, 3.8) is 0 Å². The normalized spacial score (nSPS) is 13.5. The highest BCUT2D eigenvalue weighted by Gasteiger charge is 2.40. The van der Waals surface area contributed by atoms with E-state index >= 15 is 0 Å². The second-order valence-corrected chi connectivity index (χ2v) is 4.44. The predicted octanol–water partition coefficient (Wildman–Crippen LogP) is 1.27. The molecule has 92 valence electrons. The Bertz CT molecular complexity index is 276. The van der Waals surface area contributed by atoms with Crippen LogP contribution in [0.3, 0.4) is 0 Å². The first-order valence-electron chi connectivity index (χ1n) is 4.64. The molecule has 0 bridgehead atoms. The van der Waals surface area contributed by atoms with Crippen molar-refractivity contribution in [1.29, 1.82) is 0 Å². The highest BCUT2D eigenvalue weighted by molar-refractivity contribution is 7.84. The summed E-state index contributed by atoms with van der Waals surface area (Å²) in [7, 11) is -2.32. The van der Waals surface area contributed by atoms with Gasteiger partial charge < -0.3 is 9.47 Å². The lowest BCUT2D eigenvalue weighted by Gasteiger charge is -2.34. The van der Waals surface area contributed by atoms with Crippen LogP contribution in [0.1, 0.15) is 26.7 Å². The van der Waals surface area contributed by atoms with Crippen molar-refractivity contribution in [3.05, 3.63) is 0 Å². The number of hydrogen-bond donors (Lipinski definition) is 0.